The number of amides is 1. The van der Waals surface area contributed by atoms with Gasteiger partial charge in [-0.05, 0) is 19.4 Å². The van der Waals surface area contributed by atoms with Gasteiger partial charge in [0.15, 0.2) is 9.84 Å². The zero-order valence-corrected chi connectivity index (χ0v) is 12.7. The number of hydrogen-bond donors (Lipinski definition) is 1. The molecule has 1 unspecified atom stereocenters. The third kappa shape index (κ3) is 2.68. The van der Waals surface area contributed by atoms with E-state index in [-0.39, 0.29) is 23.5 Å². The Labute approximate surface area is 124 Å². The van der Waals surface area contributed by atoms with E-state index in [9.17, 15) is 13.2 Å². The van der Waals surface area contributed by atoms with Crippen molar-refractivity contribution in [1.82, 2.24) is 4.90 Å². The number of hydrogen-bond acceptors (Lipinski definition) is 4. The maximum Gasteiger partial charge on any atom is 0.257 e. The van der Waals surface area contributed by atoms with Crippen LogP contribution < -0.4 is 5.32 Å². The van der Waals surface area contributed by atoms with Crippen molar-refractivity contribution >= 4 is 27.0 Å². The van der Waals surface area contributed by atoms with Crippen LogP contribution in [0.2, 0.25) is 0 Å². The van der Waals surface area contributed by atoms with Gasteiger partial charge in [-0.2, -0.15) is 0 Å². The number of nitrogens with zero attached hydrogens (tertiary/aromatic N) is 1. The fraction of sp³-hybridized carbons (Fsp3) is 0.400. The van der Waals surface area contributed by atoms with Gasteiger partial charge in [-0.1, -0.05) is 18.2 Å². The van der Waals surface area contributed by atoms with Crippen LogP contribution >= 0.6 is 0 Å². The fourth-order valence-electron chi connectivity index (χ4n) is 2.92. The number of sulfone groups is 1. The summed E-state index contributed by atoms with van der Waals surface area (Å²) in [7, 11) is -2.93. The van der Waals surface area contributed by atoms with Crippen molar-refractivity contribution in [3.05, 3.63) is 36.0 Å². The van der Waals surface area contributed by atoms with E-state index in [1.165, 1.54) is 0 Å². The van der Waals surface area contributed by atoms with Crippen molar-refractivity contribution in [3.8, 4) is 0 Å². The molecule has 1 atom stereocenters. The van der Waals surface area contributed by atoms with Crippen molar-refractivity contribution in [2.75, 3.05) is 23.4 Å². The molecule has 0 radical (unpaired) electrons. The number of para-hydroxylation sites is 1. The maximum atomic E-state index is 12.1. The average Bonchev–Trinajstić information content (AvgIpc) is 2.96. The number of rotatable bonds is 3. The molecular formula is C15H18N2O3S. The summed E-state index contributed by atoms with van der Waals surface area (Å²) in [5, 5.41) is 2.83. The van der Waals surface area contributed by atoms with E-state index >= 15 is 0 Å². The van der Waals surface area contributed by atoms with Crippen LogP contribution in [0.15, 0.2) is 30.5 Å². The quantitative estimate of drug-likeness (QED) is 0.859. The van der Waals surface area contributed by atoms with Crippen LogP contribution in [0.4, 0.5) is 5.69 Å². The normalized spacial score (nSPS) is 24.9. The highest BCUT2D eigenvalue weighted by molar-refractivity contribution is 7.91. The molecule has 112 valence electrons. The predicted molar refractivity (Wildman–Crippen MR) is 82.5 cm³/mol. The number of carbonyl (C=O) groups is 1. The van der Waals surface area contributed by atoms with Crippen LogP contribution in [0.25, 0.3) is 5.57 Å². The van der Waals surface area contributed by atoms with Crippen LogP contribution in [-0.4, -0.2) is 43.3 Å². The summed E-state index contributed by atoms with van der Waals surface area (Å²) >= 11 is 0. The Hall–Kier alpha value is -1.82. The Morgan fingerprint density at radius 2 is 2.14 bits per heavy atom. The number of nitrogens with one attached hydrogen (secondary N) is 1. The minimum Gasteiger partial charge on any atom is -0.373 e. The van der Waals surface area contributed by atoms with E-state index in [1.807, 2.05) is 42.3 Å². The SMILES string of the molecule is CCN(/C=C1/C(=O)Nc2ccccc21)C1CCS(=O)(=O)C1. The monoisotopic (exact) mass is 306 g/mol. The topological polar surface area (TPSA) is 66.5 Å². The Morgan fingerprint density at radius 1 is 1.38 bits per heavy atom. The van der Waals surface area contributed by atoms with Gasteiger partial charge in [0.2, 0.25) is 0 Å². The van der Waals surface area contributed by atoms with Crippen molar-refractivity contribution in [2.24, 2.45) is 0 Å². The summed E-state index contributed by atoms with van der Waals surface area (Å²) < 4.78 is 23.3. The standard InChI is InChI=1S/C15H18N2O3S/c1-2-17(11-7-8-21(19,20)10-11)9-13-12-5-3-4-6-14(12)16-15(13)18/h3-6,9,11H,2,7-8,10H2,1H3,(H,16,18)/b13-9+. The highest BCUT2D eigenvalue weighted by Crippen LogP contribution is 2.32. The van der Waals surface area contributed by atoms with E-state index in [4.69, 9.17) is 0 Å². The van der Waals surface area contributed by atoms with Crippen molar-refractivity contribution < 1.29 is 13.2 Å². The molecule has 0 aromatic heterocycles. The first-order chi connectivity index (χ1) is 10.00. The minimum absolute atomic E-state index is 0.0342. The number of anilines is 1. The van der Waals surface area contributed by atoms with E-state index in [1.54, 1.807) is 0 Å². The molecule has 2 aliphatic heterocycles. The van der Waals surface area contributed by atoms with E-state index < -0.39 is 9.84 Å². The van der Waals surface area contributed by atoms with Gasteiger partial charge in [0.25, 0.3) is 5.91 Å². The summed E-state index contributed by atoms with van der Waals surface area (Å²) in [6.07, 6.45) is 2.44. The second kappa shape index (κ2) is 5.18. The first-order valence-electron chi connectivity index (χ1n) is 7.09. The molecule has 1 saturated heterocycles. The molecule has 6 heteroatoms. The third-order valence-corrected chi connectivity index (χ3v) is 5.80. The molecule has 1 fully saturated rings. The first-order valence-corrected chi connectivity index (χ1v) is 8.91. The Morgan fingerprint density at radius 3 is 2.81 bits per heavy atom. The number of benzene rings is 1. The molecule has 1 aromatic rings. The fourth-order valence-corrected chi connectivity index (χ4v) is 4.67. The third-order valence-electron chi connectivity index (χ3n) is 4.05. The number of fused-ring (bicyclic) bond motifs is 1. The van der Waals surface area contributed by atoms with Crippen molar-refractivity contribution in [2.45, 2.75) is 19.4 Å². The molecule has 2 heterocycles. The van der Waals surface area contributed by atoms with Gasteiger partial charge in [-0.3, -0.25) is 4.79 Å². The van der Waals surface area contributed by atoms with Crippen LogP contribution in [-0.2, 0) is 14.6 Å². The largest absolute Gasteiger partial charge is 0.373 e. The van der Waals surface area contributed by atoms with Gasteiger partial charge < -0.3 is 10.2 Å². The van der Waals surface area contributed by atoms with Gasteiger partial charge in [-0.15, -0.1) is 0 Å². The molecular weight excluding hydrogens is 288 g/mol. The maximum absolute atomic E-state index is 12.1. The smallest absolute Gasteiger partial charge is 0.257 e. The molecule has 5 nitrogen and oxygen atoms in total. The Kier molecular flexibility index (Phi) is 3.49. The molecule has 0 spiro atoms. The van der Waals surface area contributed by atoms with Crippen LogP contribution in [0.1, 0.15) is 18.9 Å². The average molecular weight is 306 g/mol. The summed E-state index contributed by atoms with van der Waals surface area (Å²) in [4.78, 5) is 14.1. The molecule has 1 aromatic carbocycles. The highest BCUT2D eigenvalue weighted by atomic mass is 32.2. The highest BCUT2D eigenvalue weighted by Gasteiger charge is 2.32. The Bertz CT molecular complexity index is 709. The predicted octanol–water partition coefficient (Wildman–Crippen LogP) is 1.49. The second-order valence-electron chi connectivity index (χ2n) is 5.43. The molecule has 21 heavy (non-hydrogen) atoms. The lowest BCUT2D eigenvalue weighted by Crippen LogP contribution is -2.32. The van der Waals surface area contributed by atoms with Crippen molar-refractivity contribution in [3.63, 3.8) is 0 Å². The summed E-state index contributed by atoms with van der Waals surface area (Å²) in [6, 6.07) is 7.50. The molecule has 1 amide bonds. The molecule has 0 bridgehead atoms. The summed E-state index contributed by atoms with van der Waals surface area (Å²) in [5.41, 5.74) is 2.29. The molecule has 0 saturated carbocycles. The lowest BCUT2D eigenvalue weighted by atomic mass is 10.1. The molecule has 3 rings (SSSR count). The van der Waals surface area contributed by atoms with Crippen LogP contribution in [0.3, 0.4) is 0 Å². The van der Waals surface area contributed by atoms with Gasteiger partial charge >= 0.3 is 0 Å². The molecule has 2 aliphatic rings. The Balaban J connectivity index is 1.91. The van der Waals surface area contributed by atoms with Crippen LogP contribution in [0, 0.1) is 0 Å². The molecule has 1 N–H and O–H groups in total. The van der Waals surface area contributed by atoms with E-state index in [0.29, 0.717) is 18.5 Å². The lowest BCUT2D eigenvalue weighted by Gasteiger charge is -2.25. The number of carbonyl (C=O) groups excluding carboxylic acids is 1. The van der Waals surface area contributed by atoms with Gasteiger partial charge in [0.05, 0.1) is 17.1 Å². The van der Waals surface area contributed by atoms with Gasteiger partial charge in [0, 0.05) is 30.0 Å². The minimum atomic E-state index is -2.93. The summed E-state index contributed by atoms with van der Waals surface area (Å²) in [6.45, 7) is 2.65. The van der Waals surface area contributed by atoms with Crippen molar-refractivity contribution in [1.29, 1.82) is 0 Å². The van der Waals surface area contributed by atoms with E-state index in [0.717, 1.165) is 11.3 Å². The van der Waals surface area contributed by atoms with Gasteiger partial charge in [0.1, 0.15) is 0 Å². The van der Waals surface area contributed by atoms with E-state index in [2.05, 4.69) is 5.32 Å². The molecule has 0 aliphatic carbocycles. The lowest BCUT2D eigenvalue weighted by molar-refractivity contribution is -0.110. The zero-order valence-electron chi connectivity index (χ0n) is 11.9. The first kappa shape index (κ1) is 14.1. The van der Waals surface area contributed by atoms with Crippen LogP contribution in [0.5, 0.6) is 0 Å². The van der Waals surface area contributed by atoms with Gasteiger partial charge in [-0.25, -0.2) is 8.42 Å². The second-order valence-corrected chi connectivity index (χ2v) is 7.66. The summed E-state index contributed by atoms with van der Waals surface area (Å²) in [5.74, 6) is 0.282. The zero-order chi connectivity index (χ0) is 15.0.